The van der Waals surface area contributed by atoms with Gasteiger partial charge in [0.05, 0.1) is 19.7 Å². The third kappa shape index (κ3) is 3.24. The summed E-state index contributed by atoms with van der Waals surface area (Å²) in [4.78, 5) is 14.7. The van der Waals surface area contributed by atoms with E-state index in [1.807, 2.05) is 60.7 Å². The number of methoxy groups -OCH3 is 2. The number of carbonyl (C=O) groups is 1. The van der Waals surface area contributed by atoms with Crippen molar-refractivity contribution in [3.05, 3.63) is 83.9 Å². The summed E-state index contributed by atoms with van der Waals surface area (Å²) < 4.78 is 18.6. The molecule has 1 aliphatic rings. The highest BCUT2D eigenvalue weighted by molar-refractivity contribution is 5.97. The number of carbonyl (C=O) groups excluding carboxylic acids is 1. The van der Waals surface area contributed by atoms with Crippen molar-refractivity contribution in [3.63, 3.8) is 0 Å². The lowest BCUT2D eigenvalue weighted by molar-refractivity contribution is 0.179. The van der Waals surface area contributed by atoms with Crippen LogP contribution in [0.25, 0.3) is 16.6 Å². The van der Waals surface area contributed by atoms with Crippen LogP contribution in [0.3, 0.4) is 0 Å². The van der Waals surface area contributed by atoms with Crippen LogP contribution in [-0.2, 0) is 4.74 Å². The van der Waals surface area contributed by atoms with Crippen molar-refractivity contribution in [2.45, 2.75) is 13.0 Å². The average Bonchev–Trinajstić information content (AvgIpc) is 3.38. The number of nitrogens with zero attached hydrogens (tertiary/aromatic N) is 2. The highest BCUT2D eigenvalue weighted by Crippen LogP contribution is 2.41. The number of ether oxygens (including phenoxy) is 3. The summed E-state index contributed by atoms with van der Waals surface area (Å²) in [5.74, 6) is 1.99. The van der Waals surface area contributed by atoms with Crippen molar-refractivity contribution in [2.75, 3.05) is 25.7 Å². The zero-order valence-electron chi connectivity index (χ0n) is 18.2. The van der Waals surface area contributed by atoms with E-state index in [0.29, 0.717) is 18.1 Å². The summed E-state index contributed by atoms with van der Waals surface area (Å²) in [7, 11) is 3.23. The lowest BCUT2D eigenvalue weighted by atomic mass is 10.1. The first-order valence-electron chi connectivity index (χ1n) is 10.5. The predicted molar refractivity (Wildman–Crippen MR) is 124 cm³/mol. The maximum atomic E-state index is 13.0. The van der Waals surface area contributed by atoms with Crippen molar-refractivity contribution in [2.24, 2.45) is 0 Å². The Balaban J connectivity index is 1.77. The van der Waals surface area contributed by atoms with Crippen LogP contribution in [0.5, 0.6) is 11.5 Å². The summed E-state index contributed by atoms with van der Waals surface area (Å²) in [5, 5.41) is 0.935. The standard InChI is InChI=1S/C26H24N2O4/c1-17-9-11-20(12-10-17)27-21-15-24(31-3)23(30-2)13-19(21)14-25(27)28-22(16-32-26(28)29)18-7-5-4-6-8-18/h4-15,22H,16H2,1-3H3/t22-/m1/s1. The van der Waals surface area contributed by atoms with Gasteiger partial charge in [0.2, 0.25) is 0 Å². The first kappa shape index (κ1) is 20.0. The molecule has 1 atom stereocenters. The van der Waals surface area contributed by atoms with Crippen molar-refractivity contribution < 1.29 is 19.0 Å². The smallest absolute Gasteiger partial charge is 0.416 e. The first-order valence-corrected chi connectivity index (χ1v) is 10.5. The quantitative estimate of drug-likeness (QED) is 0.412. The number of amides is 1. The van der Waals surface area contributed by atoms with Crippen LogP contribution in [0.15, 0.2) is 72.8 Å². The van der Waals surface area contributed by atoms with Crippen LogP contribution in [0.2, 0.25) is 0 Å². The third-order valence-electron chi connectivity index (χ3n) is 5.88. The molecule has 3 aromatic carbocycles. The Kier molecular flexibility index (Phi) is 4.98. The molecule has 0 aliphatic carbocycles. The minimum Gasteiger partial charge on any atom is -0.493 e. The van der Waals surface area contributed by atoms with Crippen LogP contribution < -0.4 is 14.4 Å². The van der Waals surface area contributed by atoms with E-state index in [0.717, 1.165) is 33.5 Å². The van der Waals surface area contributed by atoms with E-state index >= 15 is 0 Å². The van der Waals surface area contributed by atoms with E-state index < -0.39 is 0 Å². The van der Waals surface area contributed by atoms with Crippen LogP contribution >= 0.6 is 0 Å². The van der Waals surface area contributed by atoms with E-state index in [9.17, 15) is 4.79 Å². The molecule has 32 heavy (non-hydrogen) atoms. The maximum Gasteiger partial charge on any atom is 0.416 e. The average molecular weight is 428 g/mol. The highest BCUT2D eigenvalue weighted by atomic mass is 16.6. The van der Waals surface area contributed by atoms with Gasteiger partial charge in [-0.25, -0.2) is 4.79 Å². The van der Waals surface area contributed by atoms with Crippen LogP contribution in [0, 0.1) is 6.92 Å². The Hall–Kier alpha value is -3.93. The Morgan fingerprint density at radius 1 is 0.906 bits per heavy atom. The molecule has 6 heteroatoms. The van der Waals surface area contributed by atoms with Gasteiger partial charge >= 0.3 is 6.09 Å². The molecule has 4 aromatic rings. The summed E-state index contributed by atoms with van der Waals surface area (Å²) in [6.07, 6.45) is -0.367. The molecule has 2 heterocycles. The molecule has 6 nitrogen and oxygen atoms in total. The zero-order valence-corrected chi connectivity index (χ0v) is 18.2. The van der Waals surface area contributed by atoms with E-state index in [4.69, 9.17) is 14.2 Å². The number of anilines is 1. The van der Waals surface area contributed by atoms with Crippen molar-refractivity contribution in [1.29, 1.82) is 0 Å². The first-order chi connectivity index (χ1) is 15.6. The second kappa shape index (κ2) is 7.96. The number of aryl methyl sites for hydroxylation is 1. The molecule has 1 fully saturated rings. The molecule has 0 bridgehead atoms. The molecular formula is C26H24N2O4. The van der Waals surface area contributed by atoms with Gasteiger partial charge in [-0.1, -0.05) is 48.0 Å². The van der Waals surface area contributed by atoms with Gasteiger partial charge in [0.15, 0.2) is 11.5 Å². The van der Waals surface area contributed by atoms with E-state index in [1.165, 1.54) is 0 Å². The van der Waals surface area contributed by atoms with Crippen molar-refractivity contribution in [3.8, 4) is 17.2 Å². The molecular weight excluding hydrogens is 404 g/mol. The monoisotopic (exact) mass is 428 g/mol. The van der Waals surface area contributed by atoms with Crippen molar-refractivity contribution >= 4 is 22.8 Å². The third-order valence-corrected chi connectivity index (χ3v) is 5.88. The minimum atomic E-state index is -0.367. The molecule has 1 aliphatic heterocycles. The summed E-state index contributed by atoms with van der Waals surface area (Å²) in [6, 6.07) is 23.8. The number of benzene rings is 3. The van der Waals surface area contributed by atoms with E-state index in [1.54, 1.807) is 19.1 Å². The molecule has 0 saturated carbocycles. The Morgan fingerprint density at radius 3 is 2.28 bits per heavy atom. The number of hydrogen-bond donors (Lipinski definition) is 0. The number of rotatable bonds is 5. The molecule has 0 spiro atoms. The Morgan fingerprint density at radius 2 is 1.59 bits per heavy atom. The summed E-state index contributed by atoms with van der Waals surface area (Å²) in [6.45, 7) is 2.35. The topological polar surface area (TPSA) is 52.9 Å². The minimum absolute atomic E-state index is 0.221. The maximum absolute atomic E-state index is 13.0. The number of aromatic nitrogens is 1. The fourth-order valence-electron chi connectivity index (χ4n) is 4.26. The summed E-state index contributed by atoms with van der Waals surface area (Å²) >= 11 is 0. The second-order valence-corrected chi connectivity index (χ2v) is 7.81. The van der Waals surface area contributed by atoms with Crippen LogP contribution in [-0.4, -0.2) is 31.5 Å². The lowest BCUT2D eigenvalue weighted by Gasteiger charge is -2.23. The lowest BCUT2D eigenvalue weighted by Crippen LogP contribution is -2.29. The van der Waals surface area contributed by atoms with Gasteiger partial charge in [0.1, 0.15) is 18.5 Å². The van der Waals surface area contributed by atoms with Crippen molar-refractivity contribution in [1.82, 2.24) is 4.57 Å². The molecule has 1 saturated heterocycles. The SMILES string of the molecule is COc1cc2cc(N3C(=O)OC[C@@H]3c3ccccc3)n(-c3ccc(C)cc3)c2cc1OC. The highest BCUT2D eigenvalue weighted by Gasteiger charge is 2.38. The molecule has 1 amide bonds. The fourth-order valence-corrected chi connectivity index (χ4v) is 4.26. The van der Waals surface area contributed by atoms with Gasteiger partial charge in [-0.05, 0) is 36.8 Å². The normalized spacial score (nSPS) is 15.8. The molecule has 1 aromatic heterocycles. The molecule has 0 unspecified atom stereocenters. The number of fused-ring (bicyclic) bond motifs is 1. The summed E-state index contributed by atoms with van der Waals surface area (Å²) in [5.41, 5.74) is 4.04. The van der Waals surface area contributed by atoms with Crippen LogP contribution in [0.1, 0.15) is 17.2 Å². The number of cyclic esters (lactones) is 1. The van der Waals surface area contributed by atoms with Crippen LogP contribution in [0.4, 0.5) is 10.6 Å². The van der Waals surface area contributed by atoms with Gasteiger partial charge in [-0.3, -0.25) is 9.47 Å². The zero-order chi connectivity index (χ0) is 22.2. The molecule has 0 radical (unpaired) electrons. The Labute approximate surface area is 186 Å². The predicted octanol–water partition coefficient (Wildman–Crippen LogP) is 5.65. The molecule has 5 rings (SSSR count). The van der Waals surface area contributed by atoms with Gasteiger partial charge in [-0.2, -0.15) is 0 Å². The van der Waals surface area contributed by atoms with Gasteiger partial charge in [0.25, 0.3) is 0 Å². The van der Waals surface area contributed by atoms with E-state index in [-0.39, 0.29) is 12.1 Å². The molecule has 0 N–H and O–H groups in total. The van der Waals surface area contributed by atoms with Gasteiger partial charge in [-0.15, -0.1) is 0 Å². The fraction of sp³-hybridized carbons (Fsp3) is 0.192. The number of hydrogen-bond acceptors (Lipinski definition) is 4. The van der Waals surface area contributed by atoms with Gasteiger partial charge in [0, 0.05) is 17.1 Å². The van der Waals surface area contributed by atoms with Gasteiger partial charge < -0.3 is 14.2 Å². The van der Waals surface area contributed by atoms with E-state index in [2.05, 4.69) is 23.6 Å². The second-order valence-electron chi connectivity index (χ2n) is 7.81. The Bertz CT molecular complexity index is 1280. The largest absolute Gasteiger partial charge is 0.493 e. The molecule has 162 valence electrons.